The van der Waals surface area contributed by atoms with Crippen molar-refractivity contribution in [1.82, 2.24) is 4.90 Å². The molecule has 0 spiro atoms. The Bertz CT molecular complexity index is 425. The maximum Gasteiger partial charge on any atom is 0.488 e. The fraction of sp³-hybridized carbons (Fsp3) is 0.538. The monoisotopic (exact) mass is 231 g/mol. The third kappa shape index (κ3) is 2.25. The topological polar surface area (TPSA) is 43.7 Å². The van der Waals surface area contributed by atoms with Crippen LogP contribution in [-0.2, 0) is 6.54 Å². The average molecular weight is 231 g/mol. The van der Waals surface area contributed by atoms with Crippen LogP contribution in [-0.4, -0.2) is 35.2 Å². The fourth-order valence-corrected chi connectivity index (χ4v) is 2.89. The van der Waals surface area contributed by atoms with Gasteiger partial charge in [0.2, 0.25) is 0 Å². The Kier molecular flexibility index (Phi) is 2.73. The summed E-state index contributed by atoms with van der Waals surface area (Å²) < 4.78 is 0. The van der Waals surface area contributed by atoms with Crippen molar-refractivity contribution in [3.8, 4) is 0 Å². The van der Waals surface area contributed by atoms with Crippen LogP contribution >= 0.6 is 0 Å². The molecule has 0 bridgehead atoms. The van der Waals surface area contributed by atoms with Gasteiger partial charge in [0.05, 0.1) is 0 Å². The molecule has 0 amide bonds. The third-order valence-electron chi connectivity index (χ3n) is 4.12. The summed E-state index contributed by atoms with van der Waals surface area (Å²) in [6.07, 6.45) is 1.42. The first-order valence-corrected chi connectivity index (χ1v) is 6.31. The van der Waals surface area contributed by atoms with Gasteiger partial charge in [-0.2, -0.15) is 0 Å². The number of piperidine rings is 1. The first-order valence-electron chi connectivity index (χ1n) is 6.31. The van der Waals surface area contributed by atoms with Crippen molar-refractivity contribution in [2.45, 2.75) is 19.9 Å². The predicted molar refractivity (Wildman–Crippen MR) is 67.9 cm³/mol. The SMILES string of the molecule is Cc1ccc(B(O)O)cc1CN1CC2CC2C1. The van der Waals surface area contributed by atoms with Crippen LogP contribution in [0.15, 0.2) is 18.2 Å². The lowest BCUT2D eigenvalue weighted by Crippen LogP contribution is -2.31. The lowest BCUT2D eigenvalue weighted by Gasteiger charge is -2.19. The first kappa shape index (κ1) is 11.3. The highest BCUT2D eigenvalue weighted by Crippen LogP contribution is 2.45. The summed E-state index contributed by atoms with van der Waals surface area (Å²) in [5.74, 6) is 1.89. The highest BCUT2D eigenvalue weighted by Gasteiger charge is 2.44. The van der Waals surface area contributed by atoms with Crippen molar-refractivity contribution in [1.29, 1.82) is 0 Å². The van der Waals surface area contributed by atoms with Gasteiger partial charge in [0, 0.05) is 19.6 Å². The van der Waals surface area contributed by atoms with E-state index in [-0.39, 0.29) is 0 Å². The van der Waals surface area contributed by atoms with Crippen LogP contribution in [0.25, 0.3) is 0 Å². The Labute approximate surface area is 102 Å². The van der Waals surface area contributed by atoms with E-state index in [1.807, 2.05) is 12.1 Å². The highest BCUT2D eigenvalue weighted by atomic mass is 16.4. The van der Waals surface area contributed by atoms with Crippen LogP contribution in [0.5, 0.6) is 0 Å². The standard InChI is InChI=1S/C13H18BNO2/c1-9-2-3-13(14(16)17)5-10(9)6-15-7-11-4-12(11)8-15/h2-3,5,11-12,16-17H,4,6-8H2,1H3. The molecule has 3 rings (SSSR count). The van der Waals surface area contributed by atoms with Crippen LogP contribution in [0.2, 0.25) is 0 Å². The first-order chi connectivity index (χ1) is 8.13. The summed E-state index contributed by atoms with van der Waals surface area (Å²) in [4.78, 5) is 2.48. The molecule has 1 aromatic rings. The molecule has 1 saturated heterocycles. The Morgan fingerprint density at radius 1 is 1.29 bits per heavy atom. The molecule has 2 N–H and O–H groups in total. The number of hydrogen-bond acceptors (Lipinski definition) is 3. The van der Waals surface area contributed by atoms with Gasteiger partial charge in [-0.3, -0.25) is 4.90 Å². The summed E-state index contributed by atoms with van der Waals surface area (Å²) in [6.45, 7) is 5.46. The Hall–Kier alpha value is -0.835. The molecule has 2 fully saturated rings. The minimum Gasteiger partial charge on any atom is -0.423 e. The summed E-state index contributed by atoms with van der Waals surface area (Å²) >= 11 is 0. The fourth-order valence-electron chi connectivity index (χ4n) is 2.89. The zero-order chi connectivity index (χ0) is 12.0. The lowest BCUT2D eigenvalue weighted by molar-refractivity contribution is 0.296. The molecular formula is C13H18BNO2. The van der Waals surface area contributed by atoms with Gasteiger partial charge < -0.3 is 10.0 Å². The van der Waals surface area contributed by atoms with Crippen molar-refractivity contribution < 1.29 is 10.0 Å². The molecule has 1 heterocycles. The number of fused-ring (bicyclic) bond motifs is 1. The molecule has 1 saturated carbocycles. The van der Waals surface area contributed by atoms with E-state index in [4.69, 9.17) is 0 Å². The van der Waals surface area contributed by atoms with Gasteiger partial charge >= 0.3 is 7.12 Å². The zero-order valence-corrected chi connectivity index (χ0v) is 10.1. The second-order valence-corrected chi connectivity index (χ2v) is 5.51. The molecule has 3 nitrogen and oxygen atoms in total. The molecule has 1 aliphatic carbocycles. The molecule has 90 valence electrons. The van der Waals surface area contributed by atoms with E-state index in [1.54, 1.807) is 6.07 Å². The maximum atomic E-state index is 9.19. The molecule has 4 heteroatoms. The van der Waals surface area contributed by atoms with Crippen LogP contribution < -0.4 is 5.46 Å². The van der Waals surface area contributed by atoms with Gasteiger partial charge in [-0.05, 0) is 41.8 Å². The number of benzene rings is 1. The molecule has 0 radical (unpaired) electrons. The van der Waals surface area contributed by atoms with Crippen LogP contribution in [0.1, 0.15) is 17.5 Å². The van der Waals surface area contributed by atoms with E-state index < -0.39 is 7.12 Å². The van der Waals surface area contributed by atoms with E-state index in [9.17, 15) is 10.0 Å². The molecule has 17 heavy (non-hydrogen) atoms. The Morgan fingerprint density at radius 2 is 2.00 bits per heavy atom. The molecule has 1 aromatic carbocycles. The van der Waals surface area contributed by atoms with Crippen molar-refractivity contribution in [2.75, 3.05) is 13.1 Å². The summed E-state index contributed by atoms with van der Waals surface area (Å²) in [5.41, 5.74) is 3.04. The maximum absolute atomic E-state index is 9.19. The smallest absolute Gasteiger partial charge is 0.423 e. The minimum atomic E-state index is -1.36. The number of rotatable bonds is 3. The molecule has 2 aliphatic rings. The quantitative estimate of drug-likeness (QED) is 0.726. The molecule has 2 unspecified atom stereocenters. The molecule has 2 atom stereocenters. The van der Waals surface area contributed by atoms with Crippen molar-refractivity contribution in [3.63, 3.8) is 0 Å². The van der Waals surface area contributed by atoms with Crippen molar-refractivity contribution in [2.24, 2.45) is 11.8 Å². The van der Waals surface area contributed by atoms with Crippen LogP contribution in [0, 0.1) is 18.8 Å². The van der Waals surface area contributed by atoms with E-state index in [1.165, 1.54) is 30.6 Å². The van der Waals surface area contributed by atoms with Gasteiger partial charge in [-0.15, -0.1) is 0 Å². The Morgan fingerprint density at radius 3 is 2.65 bits per heavy atom. The highest BCUT2D eigenvalue weighted by molar-refractivity contribution is 6.58. The summed E-state index contributed by atoms with van der Waals surface area (Å²) in [5, 5.41) is 18.4. The number of nitrogens with zero attached hydrogens (tertiary/aromatic N) is 1. The van der Waals surface area contributed by atoms with Crippen molar-refractivity contribution in [3.05, 3.63) is 29.3 Å². The van der Waals surface area contributed by atoms with Gasteiger partial charge in [0.1, 0.15) is 0 Å². The number of aryl methyl sites for hydroxylation is 1. The minimum absolute atomic E-state index is 0.593. The third-order valence-corrected chi connectivity index (χ3v) is 4.12. The lowest BCUT2D eigenvalue weighted by atomic mass is 9.79. The predicted octanol–water partition coefficient (Wildman–Crippen LogP) is 0.127. The summed E-state index contributed by atoms with van der Waals surface area (Å²) in [6, 6.07) is 5.68. The normalized spacial score (nSPS) is 27.0. The molecule has 1 aliphatic heterocycles. The average Bonchev–Trinajstić information content (AvgIpc) is 2.89. The second-order valence-electron chi connectivity index (χ2n) is 5.51. The zero-order valence-electron chi connectivity index (χ0n) is 10.1. The van der Waals surface area contributed by atoms with Crippen LogP contribution in [0.3, 0.4) is 0 Å². The van der Waals surface area contributed by atoms with Gasteiger partial charge in [0.25, 0.3) is 0 Å². The van der Waals surface area contributed by atoms with E-state index in [0.717, 1.165) is 18.4 Å². The van der Waals surface area contributed by atoms with E-state index in [0.29, 0.717) is 5.46 Å². The van der Waals surface area contributed by atoms with Gasteiger partial charge in [-0.25, -0.2) is 0 Å². The molecular weight excluding hydrogens is 213 g/mol. The van der Waals surface area contributed by atoms with E-state index in [2.05, 4.69) is 11.8 Å². The van der Waals surface area contributed by atoms with Gasteiger partial charge in [-0.1, -0.05) is 18.2 Å². The van der Waals surface area contributed by atoms with Crippen LogP contribution in [0.4, 0.5) is 0 Å². The summed E-state index contributed by atoms with van der Waals surface area (Å²) in [7, 11) is -1.36. The van der Waals surface area contributed by atoms with Gasteiger partial charge in [0.15, 0.2) is 0 Å². The number of hydrogen-bond donors (Lipinski definition) is 2. The van der Waals surface area contributed by atoms with E-state index >= 15 is 0 Å². The van der Waals surface area contributed by atoms with Crippen molar-refractivity contribution >= 4 is 12.6 Å². The second kappa shape index (κ2) is 4.12. The Balaban J connectivity index is 1.74. The molecule has 0 aromatic heterocycles. The largest absolute Gasteiger partial charge is 0.488 e. The number of likely N-dealkylation sites (tertiary alicyclic amines) is 1.